The van der Waals surface area contributed by atoms with E-state index in [4.69, 9.17) is 5.11 Å². The third-order valence-corrected chi connectivity index (χ3v) is 4.57. The van der Waals surface area contributed by atoms with Crippen LogP contribution in [0, 0.1) is 12.8 Å². The Labute approximate surface area is 121 Å². The molecule has 1 fully saturated rings. The fourth-order valence-corrected chi connectivity index (χ4v) is 3.17. The van der Waals surface area contributed by atoms with Crippen LogP contribution in [0.1, 0.15) is 42.1 Å². The van der Waals surface area contributed by atoms with Gasteiger partial charge in [-0.25, -0.2) is 9.78 Å². The predicted octanol–water partition coefficient (Wildman–Crippen LogP) is 2.07. The molecule has 3 atom stereocenters. The highest BCUT2D eigenvalue weighted by Crippen LogP contribution is 2.25. The van der Waals surface area contributed by atoms with Gasteiger partial charge >= 0.3 is 12.0 Å². The number of aliphatic carboxylic acids is 1. The van der Waals surface area contributed by atoms with Crippen molar-refractivity contribution in [1.29, 1.82) is 0 Å². The molecule has 7 heteroatoms. The molecule has 0 bridgehead atoms. The van der Waals surface area contributed by atoms with Crippen LogP contribution in [-0.2, 0) is 4.79 Å². The smallest absolute Gasteiger partial charge is 0.315 e. The fraction of sp³-hybridized carbons (Fsp3) is 0.615. The maximum Gasteiger partial charge on any atom is 0.315 e. The molecule has 3 N–H and O–H groups in total. The van der Waals surface area contributed by atoms with E-state index in [1.54, 1.807) is 17.5 Å². The van der Waals surface area contributed by atoms with Crippen molar-refractivity contribution < 1.29 is 14.7 Å². The van der Waals surface area contributed by atoms with E-state index in [1.165, 1.54) is 0 Å². The summed E-state index contributed by atoms with van der Waals surface area (Å²) in [5.41, 5.74) is 0. The summed E-state index contributed by atoms with van der Waals surface area (Å²) in [7, 11) is 0. The van der Waals surface area contributed by atoms with Crippen LogP contribution in [0.2, 0.25) is 0 Å². The van der Waals surface area contributed by atoms with Crippen molar-refractivity contribution in [3.05, 3.63) is 16.1 Å². The highest BCUT2D eigenvalue weighted by Gasteiger charge is 2.30. The van der Waals surface area contributed by atoms with Crippen LogP contribution < -0.4 is 10.6 Å². The molecule has 2 amide bonds. The van der Waals surface area contributed by atoms with Gasteiger partial charge in [-0.2, -0.15) is 0 Å². The van der Waals surface area contributed by atoms with E-state index in [-0.39, 0.29) is 24.0 Å². The first-order valence-corrected chi connectivity index (χ1v) is 7.49. The normalized spacial score (nSPS) is 23.3. The molecule has 2 rings (SSSR count). The fourth-order valence-electron chi connectivity index (χ4n) is 2.39. The number of carboxylic acid groups (broad SMARTS) is 1. The van der Waals surface area contributed by atoms with Crippen LogP contribution in [0.25, 0.3) is 0 Å². The van der Waals surface area contributed by atoms with Crippen LogP contribution in [-0.4, -0.2) is 28.1 Å². The second kappa shape index (κ2) is 6.21. The van der Waals surface area contributed by atoms with Gasteiger partial charge in [0, 0.05) is 17.1 Å². The molecule has 1 heterocycles. The van der Waals surface area contributed by atoms with E-state index in [9.17, 15) is 9.59 Å². The van der Waals surface area contributed by atoms with E-state index in [2.05, 4.69) is 15.6 Å². The average molecular weight is 297 g/mol. The molecule has 1 aliphatic rings. The summed E-state index contributed by atoms with van der Waals surface area (Å²) in [5.74, 6) is -1.11. The molecule has 0 saturated heterocycles. The minimum atomic E-state index is -0.777. The lowest BCUT2D eigenvalue weighted by atomic mass is 10.1. The molecule has 0 spiro atoms. The maximum atomic E-state index is 11.9. The van der Waals surface area contributed by atoms with Gasteiger partial charge in [0.15, 0.2) is 0 Å². The Morgan fingerprint density at radius 1 is 1.50 bits per heavy atom. The van der Waals surface area contributed by atoms with Gasteiger partial charge in [0.25, 0.3) is 0 Å². The summed E-state index contributed by atoms with van der Waals surface area (Å²) in [6.07, 6.45) is 3.63. The van der Waals surface area contributed by atoms with Gasteiger partial charge in [0.1, 0.15) is 5.01 Å². The third-order valence-electron chi connectivity index (χ3n) is 3.47. The third kappa shape index (κ3) is 3.69. The number of thiazole rings is 1. The molecule has 6 nitrogen and oxygen atoms in total. The van der Waals surface area contributed by atoms with Crippen LogP contribution in [0.4, 0.5) is 4.79 Å². The van der Waals surface area contributed by atoms with Gasteiger partial charge in [-0.3, -0.25) is 4.79 Å². The van der Waals surface area contributed by atoms with Gasteiger partial charge in [0.2, 0.25) is 0 Å². The van der Waals surface area contributed by atoms with Crippen LogP contribution >= 0.6 is 11.3 Å². The van der Waals surface area contributed by atoms with E-state index < -0.39 is 5.97 Å². The highest BCUT2D eigenvalue weighted by atomic mass is 32.1. The van der Waals surface area contributed by atoms with E-state index in [0.717, 1.165) is 16.3 Å². The SMILES string of the molecule is Cc1cnc(C(C)NC(=O)N[C@H]2CC[C@@H](C(=O)O)C2)s1. The number of aryl methyl sites for hydroxylation is 1. The molecular weight excluding hydrogens is 278 g/mol. The minimum Gasteiger partial charge on any atom is -0.481 e. The molecule has 1 aromatic heterocycles. The number of nitrogens with one attached hydrogen (secondary N) is 2. The number of hydrogen-bond donors (Lipinski definition) is 3. The molecule has 1 saturated carbocycles. The quantitative estimate of drug-likeness (QED) is 0.793. The molecule has 1 unspecified atom stereocenters. The Balaban J connectivity index is 1.80. The van der Waals surface area contributed by atoms with Crippen molar-refractivity contribution in [1.82, 2.24) is 15.6 Å². The molecule has 0 aromatic carbocycles. The van der Waals surface area contributed by atoms with Crippen molar-refractivity contribution in [2.45, 2.75) is 45.2 Å². The van der Waals surface area contributed by atoms with Gasteiger partial charge < -0.3 is 15.7 Å². The van der Waals surface area contributed by atoms with Crippen molar-refractivity contribution in [2.75, 3.05) is 0 Å². The summed E-state index contributed by atoms with van der Waals surface area (Å²) in [6.45, 7) is 3.85. The second-order valence-electron chi connectivity index (χ2n) is 5.19. The Bertz CT molecular complexity index is 503. The highest BCUT2D eigenvalue weighted by molar-refractivity contribution is 7.11. The largest absolute Gasteiger partial charge is 0.481 e. The van der Waals surface area contributed by atoms with Gasteiger partial charge in [-0.15, -0.1) is 11.3 Å². The van der Waals surface area contributed by atoms with Crippen molar-refractivity contribution in [3.63, 3.8) is 0 Å². The van der Waals surface area contributed by atoms with Crippen LogP contribution in [0.15, 0.2) is 6.20 Å². The first-order chi connectivity index (χ1) is 9.45. The number of hydrogen-bond acceptors (Lipinski definition) is 4. The second-order valence-corrected chi connectivity index (χ2v) is 6.46. The molecule has 0 radical (unpaired) electrons. The van der Waals surface area contributed by atoms with Crippen molar-refractivity contribution in [2.24, 2.45) is 5.92 Å². The van der Waals surface area contributed by atoms with E-state index >= 15 is 0 Å². The first kappa shape index (κ1) is 14.8. The lowest BCUT2D eigenvalue weighted by Crippen LogP contribution is -2.42. The maximum absolute atomic E-state index is 11.9. The van der Waals surface area contributed by atoms with E-state index in [0.29, 0.717) is 12.8 Å². The Hall–Kier alpha value is -1.63. The average Bonchev–Trinajstić information content (AvgIpc) is 2.98. The number of rotatable bonds is 4. The molecule has 110 valence electrons. The monoisotopic (exact) mass is 297 g/mol. The number of aromatic nitrogens is 1. The van der Waals surface area contributed by atoms with Gasteiger partial charge in [0.05, 0.1) is 12.0 Å². The zero-order valence-corrected chi connectivity index (χ0v) is 12.4. The van der Waals surface area contributed by atoms with Crippen molar-refractivity contribution in [3.8, 4) is 0 Å². The number of amides is 2. The summed E-state index contributed by atoms with van der Waals surface area (Å²) in [6, 6.07) is -0.465. The number of carbonyl (C=O) groups is 2. The summed E-state index contributed by atoms with van der Waals surface area (Å²) in [4.78, 5) is 28.1. The zero-order valence-electron chi connectivity index (χ0n) is 11.5. The molecule has 1 aliphatic carbocycles. The number of carboxylic acids is 1. The lowest BCUT2D eigenvalue weighted by Gasteiger charge is -2.16. The Morgan fingerprint density at radius 3 is 2.80 bits per heavy atom. The van der Waals surface area contributed by atoms with Crippen molar-refractivity contribution >= 4 is 23.3 Å². The first-order valence-electron chi connectivity index (χ1n) is 6.68. The van der Waals surface area contributed by atoms with Gasteiger partial charge in [-0.1, -0.05) is 0 Å². The van der Waals surface area contributed by atoms with E-state index in [1.807, 2.05) is 13.8 Å². The van der Waals surface area contributed by atoms with Crippen LogP contribution in [0.3, 0.4) is 0 Å². The Morgan fingerprint density at radius 2 is 2.25 bits per heavy atom. The number of nitrogens with zero attached hydrogens (tertiary/aromatic N) is 1. The molecular formula is C13H19N3O3S. The molecule has 1 aromatic rings. The Kier molecular flexibility index (Phi) is 4.59. The zero-order chi connectivity index (χ0) is 14.7. The van der Waals surface area contributed by atoms with Crippen LogP contribution in [0.5, 0.6) is 0 Å². The number of carbonyl (C=O) groups excluding carboxylic acids is 1. The molecule has 20 heavy (non-hydrogen) atoms. The summed E-state index contributed by atoms with van der Waals surface area (Å²) >= 11 is 1.55. The van der Waals surface area contributed by atoms with Gasteiger partial charge in [-0.05, 0) is 33.1 Å². The summed E-state index contributed by atoms with van der Waals surface area (Å²) in [5, 5.41) is 15.5. The topological polar surface area (TPSA) is 91.3 Å². The standard InChI is InChI=1S/C13H19N3O3S/c1-7-6-14-11(20-7)8(2)15-13(19)16-10-4-3-9(5-10)12(17)18/h6,8-10H,3-5H2,1-2H3,(H,17,18)(H2,15,16,19)/t8?,9-,10+/m1/s1. The lowest BCUT2D eigenvalue weighted by molar-refractivity contribution is -0.141. The summed E-state index contributed by atoms with van der Waals surface area (Å²) < 4.78 is 0. The number of urea groups is 1. The minimum absolute atomic E-state index is 0.0543. The molecule has 0 aliphatic heterocycles. The predicted molar refractivity (Wildman–Crippen MR) is 75.7 cm³/mol.